The fourth-order valence-corrected chi connectivity index (χ4v) is 2.84. The number of rotatable bonds is 2. The van der Waals surface area contributed by atoms with Crippen molar-refractivity contribution in [2.75, 3.05) is 6.54 Å². The van der Waals surface area contributed by atoms with E-state index in [2.05, 4.69) is 17.2 Å². The van der Waals surface area contributed by atoms with Gasteiger partial charge in [0.1, 0.15) is 5.52 Å². The number of nitrogens with zero attached hydrogens (tertiary/aromatic N) is 1. The molecule has 0 aliphatic carbocycles. The van der Waals surface area contributed by atoms with E-state index in [4.69, 9.17) is 16.0 Å². The second-order valence-electron chi connectivity index (χ2n) is 4.95. The third-order valence-electron chi connectivity index (χ3n) is 3.77. The van der Waals surface area contributed by atoms with Gasteiger partial charge in [-0.25, -0.2) is 4.98 Å². The molecule has 2 aromatic rings. The number of para-hydroxylation sites is 1. The summed E-state index contributed by atoms with van der Waals surface area (Å²) < 4.78 is 5.83. The monoisotopic (exact) mass is 264 g/mol. The van der Waals surface area contributed by atoms with Crippen LogP contribution in [0.2, 0.25) is 5.02 Å². The molecule has 2 atom stereocenters. The van der Waals surface area contributed by atoms with E-state index in [1.54, 1.807) is 0 Å². The molecule has 1 N–H and O–H groups in total. The highest BCUT2D eigenvalue weighted by Crippen LogP contribution is 2.32. The van der Waals surface area contributed by atoms with Crippen LogP contribution in [-0.4, -0.2) is 11.5 Å². The summed E-state index contributed by atoms with van der Waals surface area (Å²) in [4.78, 5) is 4.55. The first-order valence-corrected chi connectivity index (χ1v) is 6.94. The van der Waals surface area contributed by atoms with Crippen molar-refractivity contribution in [1.29, 1.82) is 0 Å². The Morgan fingerprint density at radius 3 is 3.17 bits per heavy atom. The zero-order chi connectivity index (χ0) is 12.5. The standard InChI is InChI=1S/C14H17ClN2O/c1-2-9-6-7-16-12(8-9)14-17-11-5-3-4-10(15)13(11)18-14/h3-5,9,12,16H,2,6-8H2,1H3. The third kappa shape index (κ3) is 2.13. The summed E-state index contributed by atoms with van der Waals surface area (Å²) in [6, 6.07) is 5.91. The second-order valence-corrected chi connectivity index (χ2v) is 5.35. The molecule has 1 aliphatic heterocycles. The minimum absolute atomic E-state index is 0.229. The quantitative estimate of drug-likeness (QED) is 0.893. The van der Waals surface area contributed by atoms with E-state index in [9.17, 15) is 0 Å². The van der Waals surface area contributed by atoms with Crippen LogP contribution < -0.4 is 5.32 Å². The molecule has 0 amide bonds. The summed E-state index contributed by atoms with van der Waals surface area (Å²) in [6.07, 6.45) is 3.56. The number of hydrogen-bond donors (Lipinski definition) is 1. The van der Waals surface area contributed by atoms with Gasteiger partial charge in [0.05, 0.1) is 11.1 Å². The summed E-state index contributed by atoms with van der Waals surface area (Å²) in [5.74, 6) is 1.54. The van der Waals surface area contributed by atoms with E-state index in [1.165, 1.54) is 12.8 Å². The number of piperidine rings is 1. The lowest BCUT2D eigenvalue weighted by Gasteiger charge is -2.27. The molecular formula is C14H17ClN2O. The highest BCUT2D eigenvalue weighted by molar-refractivity contribution is 6.34. The molecule has 0 radical (unpaired) electrons. The second kappa shape index (κ2) is 4.90. The highest BCUT2D eigenvalue weighted by Gasteiger charge is 2.25. The van der Waals surface area contributed by atoms with E-state index in [-0.39, 0.29) is 6.04 Å². The molecule has 2 heterocycles. The first kappa shape index (κ1) is 12.0. The van der Waals surface area contributed by atoms with Gasteiger partial charge in [-0.1, -0.05) is 31.0 Å². The molecule has 0 saturated carbocycles. The highest BCUT2D eigenvalue weighted by atomic mass is 35.5. The molecule has 1 aromatic carbocycles. The summed E-state index contributed by atoms with van der Waals surface area (Å²) in [7, 11) is 0. The van der Waals surface area contributed by atoms with Gasteiger partial charge in [0, 0.05) is 0 Å². The number of nitrogens with one attached hydrogen (secondary N) is 1. The van der Waals surface area contributed by atoms with Crippen LogP contribution in [-0.2, 0) is 0 Å². The van der Waals surface area contributed by atoms with Gasteiger partial charge in [0.25, 0.3) is 0 Å². The van der Waals surface area contributed by atoms with Crippen molar-refractivity contribution < 1.29 is 4.42 Å². The minimum atomic E-state index is 0.229. The fourth-order valence-electron chi connectivity index (χ4n) is 2.64. The first-order valence-electron chi connectivity index (χ1n) is 6.56. The molecule has 4 heteroatoms. The first-order chi connectivity index (χ1) is 8.78. The Bertz CT molecular complexity index is 552. The lowest BCUT2D eigenvalue weighted by Crippen LogP contribution is -2.31. The molecule has 3 rings (SSSR count). The maximum absolute atomic E-state index is 6.11. The Balaban J connectivity index is 1.92. The third-order valence-corrected chi connectivity index (χ3v) is 4.07. The van der Waals surface area contributed by atoms with Crippen LogP contribution in [0.1, 0.15) is 38.1 Å². The zero-order valence-corrected chi connectivity index (χ0v) is 11.2. The molecule has 2 unspecified atom stereocenters. The van der Waals surface area contributed by atoms with E-state index in [0.29, 0.717) is 10.6 Å². The normalized spacial score (nSPS) is 24.6. The summed E-state index contributed by atoms with van der Waals surface area (Å²) in [5, 5.41) is 4.11. The summed E-state index contributed by atoms with van der Waals surface area (Å²) in [6.45, 7) is 3.28. The van der Waals surface area contributed by atoms with Crippen molar-refractivity contribution in [3.05, 3.63) is 29.1 Å². The Morgan fingerprint density at radius 1 is 1.50 bits per heavy atom. The average Bonchev–Trinajstić information content (AvgIpc) is 2.84. The molecule has 0 spiro atoms. The molecule has 1 aromatic heterocycles. The molecule has 0 bridgehead atoms. The molecular weight excluding hydrogens is 248 g/mol. The molecule has 1 saturated heterocycles. The average molecular weight is 265 g/mol. The van der Waals surface area contributed by atoms with Gasteiger partial charge in [-0.05, 0) is 37.4 Å². The van der Waals surface area contributed by atoms with Gasteiger partial charge in [-0.15, -0.1) is 0 Å². The zero-order valence-electron chi connectivity index (χ0n) is 10.4. The van der Waals surface area contributed by atoms with Gasteiger partial charge < -0.3 is 9.73 Å². The van der Waals surface area contributed by atoms with Crippen LogP contribution in [0.5, 0.6) is 0 Å². The van der Waals surface area contributed by atoms with Gasteiger partial charge in [-0.3, -0.25) is 0 Å². The molecule has 18 heavy (non-hydrogen) atoms. The minimum Gasteiger partial charge on any atom is -0.437 e. The van der Waals surface area contributed by atoms with Crippen molar-refractivity contribution in [3.63, 3.8) is 0 Å². The van der Waals surface area contributed by atoms with Crippen LogP contribution in [0.25, 0.3) is 11.1 Å². The van der Waals surface area contributed by atoms with Crippen molar-refractivity contribution in [3.8, 4) is 0 Å². The van der Waals surface area contributed by atoms with Gasteiger partial charge >= 0.3 is 0 Å². The van der Waals surface area contributed by atoms with E-state index >= 15 is 0 Å². The van der Waals surface area contributed by atoms with Gasteiger partial charge in [-0.2, -0.15) is 0 Å². The van der Waals surface area contributed by atoms with Crippen LogP contribution in [0.15, 0.2) is 22.6 Å². The predicted octanol–water partition coefficient (Wildman–Crippen LogP) is 3.93. The Kier molecular flexibility index (Phi) is 3.27. The number of aromatic nitrogens is 1. The summed E-state index contributed by atoms with van der Waals surface area (Å²) in [5.41, 5.74) is 1.55. The number of hydrogen-bond acceptors (Lipinski definition) is 3. The lowest BCUT2D eigenvalue weighted by molar-refractivity contribution is 0.268. The van der Waals surface area contributed by atoms with Crippen LogP contribution in [0, 0.1) is 5.92 Å². The van der Waals surface area contributed by atoms with Crippen LogP contribution >= 0.6 is 11.6 Å². The van der Waals surface area contributed by atoms with Crippen LogP contribution in [0.4, 0.5) is 0 Å². The van der Waals surface area contributed by atoms with Crippen molar-refractivity contribution >= 4 is 22.7 Å². The van der Waals surface area contributed by atoms with Gasteiger partial charge in [0.2, 0.25) is 5.89 Å². The lowest BCUT2D eigenvalue weighted by atomic mass is 9.90. The van der Waals surface area contributed by atoms with Gasteiger partial charge in [0.15, 0.2) is 5.58 Å². The van der Waals surface area contributed by atoms with E-state index in [0.717, 1.165) is 30.3 Å². The SMILES string of the molecule is CCC1CCNC(c2nc3cccc(Cl)c3o2)C1. The maximum Gasteiger partial charge on any atom is 0.212 e. The number of oxazole rings is 1. The van der Waals surface area contributed by atoms with E-state index < -0.39 is 0 Å². The number of halogens is 1. The van der Waals surface area contributed by atoms with E-state index in [1.807, 2.05) is 18.2 Å². The topological polar surface area (TPSA) is 38.1 Å². The fraction of sp³-hybridized carbons (Fsp3) is 0.500. The van der Waals surface area contributed by atoms with Crippen molar-refractivity contribution in [2.24, 2.45) is 5.92 Å². The molecule has 1 aliphatic rings. The smallest absolute Gasteiger partial charge is 0.212 e. The largest absolute Gasteiger partial charge is 0.437 e. The Labute approximate surface area is 112 Å². The molecule has 3 nitrogen and oxygen atoms in total. The predicted molar refractivity (Wildman–Crippen MR) is 72.8 cm³/mol. The molecule has 96 valence electrons. The Morgan fingerprint density at radius 2 is 2.39 bits per heavy atom. The summed E-state index contributed by atoms with van der Waals surface area (Å²) >= 11 is 6.11. The number of fused-ring (bicyclic) bond motifs is 1. The maximum atomic E-state index is 6.11. The van der Waals surface area contributed by atoms with Crippen LogP contribution in [0.3, 0.4) is 0 Å². The van der Waals surface area contributed by atoms with Crippen molar-refractivity contribution in [2.45, 2.75) is 32.2 Å². The molecule has 1 fully saturated rings. The Hall–Kier alpha value is -1.06. The van der Waals surface area contributed by atoms with Crippen molar-refractivity contribution in [1.82, 2.24) is 10.3 Å². The number of benzene rings is 1.